The minimum Gasteiger partial charge on any atom is -0.356 e. The first kappa shape index (κ1) is 12.0. The van der Waals surface area contributed by atoms with Gasteiger partial charge in [-0.05, 0) is 36.4 Å². The molecular formula is C11H14FNOS. The van der Waals surface area contributed by atoms with Crippen molar-refractivity contribution in [2.75, 3.05) is 12.3 Å². The Morgan fingerprint density at radius 1 is 1.40 bits per heavy atom. The summed E-state index contributed by atoms with van der Waals surface area (Å²) in [5.74, 6) is 0.714. The average Bonchev–Trinajstić information content (AvgIpc) is 2.20. The number of carbonyl (C=O) groups is 1. The molecule has 1 rings (SSSR count). The molecule has 4 heteroatoms. The highest BCUT2D eigenvalue weighted by Crippen LogP contribution is 2.18. The Morgan fingerprint density at radius 2 is 2.07 bits per heavy atom. The zero-order valence-electron chi connectivity index (χ0n) is 8.63. The molecular weight excluding hydrogens is 213 g/mol. The lowest BCUT2D eigenvalue weighted by Gasteiger charge is -2.02. The van der Waals surface area contributed by atoms with Gasteiger partial charge in [0.1, 0.15) is 5.82 Å². The van der Waals surface area contributed by atoms with E-state index < -0.39 is 0 Å². The third kappa shape index (κ3) is 5.42. The fourth-order valence-electron chi connectivity index (χ4n) is 1.06. The molecule has 0 atom stereocenters. The van der Waals surface area contributed by atoms with E-state index in [9.17, 15) is 9.18 Å². The Kier molecular flexibility index (Phi) is 5.18. The lowest BCUT2D eigenvalue weighted by Crippen LogP contribution is -2.21. The number of halogens is 1. The molecule has 2 nitrogen and oxygen atoms in total. The molecule has 1 N–H and O–H groups in total. The van der Waals surface area contributed by atoms with Gasteiger partial charge in [0.15, 0.2) is 0 Å². The van der Waals surface area contributed by atoms with Crippen molar-refractivity contribution in [2.24, 2.45) is 0 Å². The first-order valence-corrected chi connectivity index (χ1v) is 5.80. The van der Waals surface area contributed by atoms with Crippen molar-refractivity contribution in [1.82, 2.24) is 5.32 Å². The fourth-order valence-corrected chi connectivity index (χ4v) is 1.91. The summed E-state index contributed by atoms with van der Waals surface area (Å²) in [5.41, 5.74) is 0. The van der Waals surface area contributed by atoms with Crippen LogP contribution in [0.3, 0.4) is 0 Å². The number of nitrogens with one attached hydrogen (secondary N) is 1. The second-order valence-corrected chi connectivity index (χ2v) is 4.31. The standard InChI is InChI=1S/C11H14FNOS/c1-9(14)13-7-2-8-15-11-5-3-10(12)4-6-11/h3-6H,2,7-8H2,1H3,(H,13,14). The third-order valence-electron chi connectivity index (χ3n) is 1.78. The number of hydrogen-bond donors (Lipinski definition) is 1. The van der Waals surface area contributed by atoms with E-state index in [2.05, 4.69) is 5.32 Å². The van der Waals surface area contributed by atoms with Crippen molar-refractivity contribution in [3.8, 4) is 0 Å². The van der Waals surface area contributed by atoms with Gasteiger partial charge in [-0.15, -0.1) is 11.8 Å². The third-order valence-corrected chi connectivity index (χ3v) is 2.88. The molecule has 1 amide bonds. The van der Waals surface area contributed by atoms with Crippen molar-refractivity contribution >= 4 is 17.7 Å². The molecule has 0 aliphatic rings. The van der Waals surface area contributed by atoms with Crippen molar-refractivity contribution < 1.29 is 9.18 Å². The maximum Gasteiger partial charge on any atom is 0.216 e. The molecule has 0 unspecified atom stereocenters. The van der Waals surface area contributed by atoms with Crippen LogP contribution >= 0.6 is 11.8 Å². The number of benzene rings is 1. The van der Waals surface area contributed by atoms with Crippen LogP contribution in [0.4, 0.5) is 4.39 Å². The predicted octanol–water partition coefficient (Wildman–Crippen LogP) is 2.44. The van der Waals surface area contributed by atoms with Crippen molar-refractivity contribution in [1.29, 1.82) is 0 Å². The Hall–Kier alpha value is -1.03. The summed E-state index contributed by atoms with van der Waals surface area (Å²) < 4.78 is 12.6. The number of thioether (sulfide) groups is 1. The summed E-state index contributed by atoms with van der Waals surface area (Å²) in [7, 11) is 0. The van der Waals surface area contributed by atoms with E-state index in [4.69, 9.17) is 0 Å². The van der Waals surface area contributed by atoms with Crippen LogP contribution in [0, 0.1) is 5.82 Å². The molecule has 0 bridgehead atoms. The van der Waals surface area contributed by atoms with Crippen LogP contribution in [-0.4, -0.2) is 18.2 Å². The Bertz CT molecular complexity index is 313. The molecule has 15 heavy (non-hydrogen) atoms. The van der Waals surface area contributed by atoms with Gasteiger partial charge in [-0.25, -0.2) is 4.39 Å². The molecule has 0 aliphatic heterocycles. The van der Waals surface area contributed by atoms with Crippen LogP contribution in [0.2, 0.25) is 0 Å². The topological polar surface area (TPSA) is 29.1 Å². The van der Waals surface area contributed by atoms with Gasteiger partial charge in [-0.3, -0.25) is 4.79 Å². The van der Waals surface area contributed by atoms with Gasteiger partial charge in [0.25, 0.3) is 0 Å². The zero-order valence-corrected chi connectivity index (χ0v) is 9.44. The summed E-state index contributed by atoms with van der Waals surface area (Å²) in [4.78, 5) is 11.6. The van der Waals surface area contributed by atoms with Gasteiger partial charge in [-0.1, -0.05) is 0 Å². The summed E-state index contributed by atoms with van der Waals surface area (Å²) in [6, 6.07) is 6.43. The lowest BCUT2D eigenvalue weighted by molar-refractivity contribution is -0.118. The van der Waals surface area contributed by atoms with Crippen LogP contribution in [0.1, 0.15) is 13.3 Å². The van der Waals surface area contributed by atoms with Crippen LogP contribution in [-0.2, 0) is 4.79 Å². The van der Waals surface area contributed by atoms with Gasteiger partial charge in [0.2, 0.25) is 5.91 Å². The van der Waals surface area contributed by atoms with Gasteiger partial charge in [-0.2, -0.15) is 0 Å². The van der Waals surface area contributed by atoms with Gasteiger partial charge >= 0.3 is 0 Å². The molecule has 0 fully saturated rings. The Balaban J connectivity index is 2.15. The van der Waals surface area contributed by atoms with E-state index in [1.807, 2.05) is 0 Å². The van der Waals surface area contributed by atoms with Crippen LogP contribution < -0.4 is 5.32 Å². The SMILES string of the molecule is CC(=O)NCCCSc1ccc(F)cc1. The lowest BCUT2D eigenvalue weighted by atomic mass is 10.4. The van der Waals surface area contributed by atoms with E-state index >= 15 is 0 Å². The smallest absolute Gasteiger partial charge is 0.216 e. The molecule has 1 aromatic carbocycles. The molecule has 0 radical (unpaired) electrons. The first-order chi connectivity index (χ1) is 7.18. The van der Waals surface area contributed by atoms with Crippen molar-refractivity contribution in [2.45, 2.75) is 18.2 Å². The van der Waals surface area contributed by atoms with Crippen LogP contribution in [0.15, 0.2) is 29.2 Å². The predicted molar refractivity (Wildman–Crippen MR) is 60.4 cm³/mol. The van der Waals surface area contributed by atoms with E-state index in [-0.39, 0.29) is 11.7 Å². The quantitative estimate of drug-likeness (QED) is 0.618. The molecule has 0 spiro atoms. The number of hydrogen-bond acceptors (Lipinski definition) is 2. The molecule has 82 valence electrons. The molecule has 0 aromatic heterocycles. The van der Waals surface area contributed by atoms with E-state index in [1.165, 1.54) is 19.1 Å². The van der Waals surface area contributed by atoms with Crippen LogP contribution in [0.5, 0.6) is 0 Å². The van der Waals surface area contributed by atoms with Crippen LogP contribution in [0.25, 0.3) is 0 Å². The average molecular weight is 227 g/mol. The number of amides is 1. The zero-order chi connectivity index (χ0) is 11.1. The second kappa shape index (κ2) is 6.45. The van der Waals surface area contributed by atoms with Gasteiger partial charge < -0.3 is 5.32 Å². The summed E-state index contributed by atoms with van der Waals surface area (Å²) in [6.45, 7) is 2.21. The molecule has 0 heterocycles. The Labute approximate surface area is 93.3 Å². The van der Waals surface area contributed by atoms with E-state index in [0.717, 1.165) is 17.1 Å². The summed E-state index contributed by atoms with van der Waals surface area (Å²) >= 11 is 1.66. The van der Waals surface area contributed by atoms with Crippen molar-refractivity contribution in [3.63, 3.8) is 0 Å². The van der Waals surface area contributed by atoms with Gasteiger partial charge in [0.05, 0.1) is 0 Å². The molecule has 0 saturated heterocycles. The number of carbonyl (C=O) groups excluding carboxylic acids is 1. The highest BCUT2D eigenvalue weighted by atomic mass is 32.2. The number of rotatable bonds is 5. The van der Waals surface area contributed by atoms with Gasteiger partial charge in [0, 0.05) is 18.4 Å². The minimum atomic E-state index is -0.211. The first-order valence-electron chi connectivity index (χ1n) is 4.81. The van der Waals surface area contributed by atoms with E-state index in [0.29, 0.717) is 6.54 Å². The maximum absolute atomic E-state index is 12.6. The highest BCUT2D eigenvalue weighted by Gasteiger charge is 1.95. The minimum absolute atomic E-state index is 0.00165. The molecule has 0 saturated carbocycles. The summed E-state index contributed by atoms with van der Waals surface area (Å²) in [6.07, 6.45) is 0.918. The molecule has 0 aliphatic carbocycles. The highest BCUT2D eigenvalue weighted by molar-refractivity contribution is 7.99. The van der Waals surface area contributed by atoms with Crippen molar-refractivity contribution in [3.05, 3.63) is 30.1 Å². The fraction of sp³-hybridized carbons (Fsp3) is 0.364. The second-order valence-electron chi connectivity index (χ2n) is 3.14. The normalized spacial score (nSPS) is 10.0. The maximum atomic E-state index is 12.6. The molecule has 1 aromatic rings. The largest absolute Gasteiger partial charge is 0.356 e. The Morgan fingerprint density at radius 3 is 2.67 bits per heavy atom. The monoisotopic (exact) mass is 227 g/mol. The summed E-state index contributed by atoms with van der Waals surface area (Å²) in [5, 5.41) is 2.73. The van der Waals surface area contributed by atoms with E-state index in [1.54, 1.807) is 23.9 Å².